The smallest absolute Gasteiger partial charge is 0.220 e. The zero-order chi connectivity index (χ0) is 17.2. The summed E-state index contributed by atoms with van der Waals surface area (Å²) in [7, 11) is 0. The molecule has 4 aliphatic carbocycles. The van der Waals surface area contributed by atoms with Crippen LogP contribution in [-0.4, -0.2) is 11.9 Å². The van der Waals surface area contributed by atoms with Crippen LogP contribution in [0.2, 0.25) is 0 Å². The van der Waals surface area contributed by atoms with Crippen LogP contribution < -0.4 is 5.32 Å². The predicted molar refractivity (Wildman–Crippen MR) is 101 cm³/mol. The van der Waals surface area contributed by atoms with Gasteiger partial charge in [0.05, 0.1) is 0 Å². The van der Waals surface area contributed by atoms with Crippen LogP contribution in [0.15, 0.2) is 0 Å². The molecule has 0 aromatic carbocycles. The van der Waals surface area contributed by atoms with Gasteiger partial charge in [-0.3, -0.25) is 4.79 Å². The fourth-order valence-electron chi connectivity index (χ4n) is 8.94. The number of hydrogen-bond donors (Lipinski definition) is 1. The molecule has 5 aliphatic rings. The summed E-state index contributed by atoms with van der Waals surface area (Å²) >= 11 is 0. The first-order chi connectivity index (χ1) is 12.0. The van der Waals surface area contributed by atoms with Gasteiger partial charge >= 0.3 is 0 Å². The lowest BCUT2D eigenvalue weighted by atomic mass is 9.44. The van der Waals surface area contributed by atoms with E-state index in [1.807, 2.05) is 0 Å². The monoisotopic (exact) mass is 343 g/mol. The van der Waals surface area contributed by atoms with E-state index in [0.717, 1.165) is 42.4 Å². The van der Waals surface area contributed by atoms with Gasteiger partial charge in [-0.05, 0) is 98.2 Å². The van der Waals surface area contributed by atoms with Crippen LogP contribution in [-0.2, 0) is 4.79 Å². The van der Waals surface area contributed by atoms with Crippen LogP contribution in [0.5, 0.6) is 0 Å². The summed E-state index contributed by atoms with van der Waals surface area (Å²) < 4.78 is 0. The number of hydrogen-bond acceptors (Lipinski definition) is 1. The minimum absolute atomic E-state index is 0.306. The van der Waals surface area contributed by atoms with Crippen molar-refractivity contribution >= 4 is 5.91 Å². The second-order valence-electron chi connectivity index (χ2n) is 10.8. The highest BCUT2D eigenvalue weighted by atomic mass is 16.1. The molecular formula is C23H37NO. The largest absolute Gasteiger partial charge is 0.353 e. The van der Waals surface area contributed by atoms with Gasteiger partial charge < -0.3 is 5.32 Å². The van der Waals surface area contributed by atoms with Gasteiger partial charge in [-0.25, -0.2) is 0 Å². The summed E-state index contributed by atoms with van der Waals surface area (Å²) in [5, 5.41) is 3.34. The van der Waals surface area contributed by atoms with Crippen LogP contribution in [0, 0.1) is 40.4 Å². The summed E-state index contributed by atoms with van der Waals surface area (Å²) in [4.78, 5) is 11.8. The molecule has 8 atom stereocenters. The average Bonchev–Trinajstić information content (AvgIpc) is 3.16. The van der Waals surface area contributed by atoms with E-state index in [9.17, 15) is 4.79 Å². The molecular weight excluding hydrogens is 306 g/mol. The van der Waals surface area contributed by atoms with Crippen LogP contribution in [0.3, 0.4) is 0 Å². The van der Waals surface area contributed by atoms with Gasteiger partial charge in [-0.2, -0.15) is 0 Å². The van der Waals surface area contributed by atoms with Gasteiger partial charge in [0.1, 0.15) is 0 Å². The van der Waals surface area contributed by atoms with Crippen LogP contribution in [0.25, 0.3) is 0 Å². The molecule has 140 valence electrons. The Labute approximate surface area is 153 Å². The molecule has 0 radical (unpaired) electrons. The van der Waals surface area contributed by atoms with Crippen LogP contribution >= 0.6 is 0 Å². The number of carbonyl (C=O) groups is 1. The standard InChI is InChI=1S/C23H37NO/c1-22-13-4-3-5-15(22)6-7-16-17-8-9-19(20-10-11-21(25)24-20)23(17,2)14-12-18(16)22/h15-20H,3-14H2,1-2H3,(H,24,25)/t15-,16?,17?,18?,19?,20?,22-,23-/m0/s1. The van der Waals surface area contributed by atoms with Gasteiger partial charge in [0, 0.05) is 12.5 Å². The average molecular weight is 344 g/mol. The molecule has 1 aliphatic heterocycles. The molecule has 0 aromatic rings. The maximum Gasteiger partial charge on any atom is 0.220 e. The van der Waals surface area contributed by atoms with E-state index < -0.39 is 0 Å². The maximum absolute atomic E-state index is 11.8. The predicted octanol–water partition coefficient (Wildman–Crippen LogP) is 5.31. The topological polar surface area (TPSA) is 29.1 Å². The van der Waals surface area contributed by atoms with Crippen LogP contribution in [0.4, 0.5) is 0 Å². The first-order valence-corrected chi connectivity index (χ1v) is 11.3. The third-order valence-corrected chi connectivity index (χ3v) is 10.2. The SMILES string of the molecule is C[C@]12CCC3C(CC[C@@H]4CCCC[C@]34C)C1CCC2C1CCC(=O)N1. The number of amides is 1. The van der Waals surface area contributed by atoms with Crippen molar-refractivity contribution in [3.8, 4) is 0 Å². The molecule has 1 heterocycles. The Morgan fingerprint density at radius 3 is 2.40 bits per heavy atom. The van der Waals surface area contributed by atoms with Crippen molar-refractivity contribution in [2.24, 2.45) is 40.4 Å². The van der Waals surface area contributed by atoms with Crippen molar-refractivity contribution in [2.45, 2.75) is 96.9 Å². The Balaban J connectivity index is 1.40. The molecule has 5 fully saturated rings. The van der Waals surface area contributed by atoms with Crippen molar-refractivity contribution in [1.82, 2.24) is 5.32 Å². The summed E-state index contributed by atoms with van der Waals surface area (Å²) in [6.07, 6.45) is 16.6. The van der Waals surface area contributed by atoms with Crippen molar-refractivity contribution in [3.05, 3.63) is 0 Å². The molecule has 0 spiro atoms. The first kappa shape index (κ1) is 16.6. The van der Waals surface area contributed by atoms with E-state index in [0.29, 0.717) is 22.8 Å². The molecule has 1 saturated heterocycles. The number of rotatable bonds is 1. The molecule has 4 saturated carbocycles. The van der Waals surface area contributed by atoms with E-state index in [1.165, 1.54) is 64.2 Å². The molecule has 25 heavy (non-hydrogen) atoms. The summed E-state index contributed by atoms with van der Waals surface area (Å²) in [5.41, 5.74) is 1.16. The Hall–Kier alpha value is -0.530. The Kier molecular flexibility index (Phi) is 3.81. The maximum atomic E-state index is 11.8. The van der Waals surface area contributed by atoms with Gasteiger partial charge in [-0.15, -0.1) is 0 Å². The third-order valence-electron chi connectivity index (χ3n) is 10.2. The van der Waals surface area contributed by atoms with Gasteiger partial charge in [0.25, 0.3) is 0 Å². The Morgan fingerprint density at radius 1 is 0.800 bits per heavy atom. The third kappa shape index (κ3) is 2.31. The van der Waals surface area contributed by atoms with Crippen molar-refractivity contribution in [2.75, 3.05) is 0 Å². The minimum Gasteiger partial charge on any atom is -0.353 e. The van der Waals surface area contributed by atoms with Crippen molar-refractivity contribution in [1.29, 1.82) is 0 Å². The second-order valence-corrected chi connectivity index (χ2v) is 10.8. The number of fused-ring (bicyclic) bond motifs is 5. The minimum atomic E-state index is 0.306. The molecule has 2 heteroatoms. The van der Waals surface area contributed by atoms with E-state index in [4.69, 9.17) is 0 Å². The highest BCUT2D eigenvalue weighted by Crippen LogP contribution is 2.68. The second kappa shape index (κ2) is 5.73. The van der Waals surface area contributed by atoms with E-state index in [1.54, 1.807) is 0 Å². The highest BCUT2D eigenvalue weighted by molar-refractivity contribution is 5.78. The fraction of sp³-hybridized carbons (Fsp3) is 0.957. The summed E-state index contributed by atoms with van der Waals surface area (Å²) in [6.45, 7) is 5.30. The van der Waals surface area contributed by atoms with Crippen molar-refractivity contribution < 1.29 is 4.79 Å². The summed E-state index contributed by atoms with van der Waals surface area (Å²) in [6, 6.07) is 0.487. The fourth-order valence-corrected chi connectivity index (χ4v) is 8.94. The quantitative estimate of drug-likeness (QED) is 0.686. The lowest BCUT2D eigenvalue weighted by molar-refractivity contribution is -0.120. The van der Waals surface area contributed by atoms with E-state index in [2.05, 4.69) is 19.2 Å². The molecule has 0 bridgehead atoms. The Morgan fingerprint density at radius 2 is 1.60 bits per heavy atom. The van der Waals surface area contributed by atoms with E-state index >= 15 is 0 Å². The zero-order valence-corrected chi connectivity index (χ0v) is 16.4. The molecule has 0 aromatic heterocycles. The Bertz CT molecular complexity index is 558. The molecule has 2 nitrogen and oxygen atoms in total. The van der Waals surface area contributed by atoms with Gasteiger partial charge in [0.15, 0.2) is 0 Å². The molecule has 1 N–H and O–H groups in total. The molecule has 5 rings (SSSR count). The van der Waals surface area contributed by atoms with Gasteiger partial charge in [0.2, 0.25) is 5.91 Å². The molecule has 1 amide bonds. The van der Waals surface area contributed by atoms with Crippen molar-refractivity contribution in [3.63, 3.8) is 0 Å². The first-order valence-electron chi connectivity index (χ1n) is 11.3. The highest BCUT2D eigenvalue weighted by Gasteiger charge is 2.60. The normalized spacial score (nSPS) is 55.2. The summed E-state index contributed by atoms with van der Waals surface area (Å²) in [5.74, 6) is 5.01. The lowest BCUT2D eigenvalue weighted by Crippen LogP contribution is -2.54. The zero-order valence-electron chi connectivity index (χ0n) is 16.4. The lowest BCUT2D eigenvalue weighted by Gasteiger charge is -2.60. The van der Waals surface area contributed by atoms with Gasteiger partial charge in [-0.1, -0.05) is 26.7 Å². The van der Waals surface area contributed by atoms with E-state index in [-0.39, 0.29) is 0 Å². The molecule has 5 unspecified atom stereocenters. The van der Waals surface area contributed by atoms with Crippen LogP contribution in [0.1, 0.15) is 90.9 Å². The number of carbonyl (C=O) groups excluding carboxylic acids is 1. The number of nitrogens with one attached hydrogen (secondary N) is 1.